The van der Waals surface area contributed by atoms with Gasteiger partial charge in [0, 0.05) is 23.2 Å². The van der Waals surface area contributed by atoms with E-state index in [1.54, 1.807) is 0 Å². The molecule has 3 nitrogen and oxygen atoms in total. The molecule has 0 saturated carbocycles. The molecular weight excluding hydrogens is 292 g/mol. The molecule has 0 fully saturated rings. The lowest BCUT2D eigenvalue weighted by atomic mass is 10.2. The number of hydrogen-bond acceptors (Lipinski definition) is 3. The Kier molecular flexibility index (Phi) is 11.2. The highest BCUT2D eigenvalue weighted by molar-refractivity contribution is 8.00. The molecular formula is C18H34N2OS. The van der Waals surface area contributed by atoms with Gasteiger partial charge in [0.25, 0.3) is 0 Å². The number of likely N-dealkylation sites (N-methyl/N-ethyl adjacent to an activating group) is 1. The maximum Gasteiger partial charge on any atom is 0.0305 e. The Hall–Kier alpha value is -0.840. The zero-order valence-electron chi connectivity index (χ0n) is 14.9. The van der Waals surface area contributed by atoms with E-state index in [1.165, 1.54) is 5.56 Å². The third-order valence-electron chi connectivity index (χ3n) is 3.29. The highest BCUT2D eigenvalue weighted by Gasteiger charge is 2.07. The molecule has 4 heteroatoms. The third kappa shape index (κ3) is 8.57. The lowest BCUT2D eigenvalue weighted by Crippen LogP contribution is -2.37. The molecule has 1 aromatic carbocycles. The fourth-order valence-corrected chi connectivity index (χ4v) is 3.47. The molecule has 2 N–H and O–H groups in total. The SMILES string of the molecule is C=S(=O)(CCCNC(C)CNCC)c1ccc(C)cc1.CC. The van der Waals surface area contributed by atoms with E-state index in [9.17, 15) is 4.21 Å². The van der Waals surface area contributed by atoms with Gasteiger partial charge >= 0.3 is 0 Å². The van der Waals surface area contributed by atoms with Gasteiger partial charge in [-0.2, -0.15) is 0 Å². The lowest BCUT2D eigenvalue weighted by molar-refractivity contribution is 0.509. The molecule has 22 heavy (non-hydrogen) atoms. The van der Waals surface area contributed by atoms with E-state index in [1.807, 2.05) is 45.0 Å². The predicted molar refractivity (Wildman–Crippen MR) is 102 cm³/mol. The normalized spacial score (nSPS) is 14.6. The Bertz CT molecular complexity index is 480. The highest BCUT2D eigenvalue weighted by Crippen LogP contribution is 2.12. The van der Waals surface area contributed by atoms with Gasteiger partial charge in [0.15, 0.2) is 0 Å². The Balaban J connectivity index is 0.00000211. The molecule has 2 unspecified atom stereocenters. The second-order valence-electron chi connectivity index (χ2n) is 5.35. The quantitative estimate of drug-likeness (QED) is 0.541. The van der Waals surface area contributed by atoms with Crippen molar-refractivity contribution in [2.45, 2.75) is 52.0 Å². The minimum absolute atomic E-state index is 0.440. The molecule has 1 rings (SSSR count). The summed E-state index contributed by atoms with van der Waals surface area (Å²) in [4.78, 5) is 0.865. The molecule has 0 saturated heterocycles. The maximum absolute atomic E-state index is 12.6. The van der Waals surface area contributed by atoms with Crippen molar-refractivity contribution in [3.63, 3.8) is 0 Å². The summed E-state index contributed by atoms with van der Waals surface area (Å²) >= 11 is 0. The van der Waals surface area contributed by atoms with Crippen LogP contribution in [-0.4, -0.2) is 41.5 Å². The minimum atomic E-state index is -2.15. The number of hydrogen-bond donors (Lipinski definition) is 2. The van der Waals surface area contributed by atoms with Crippen LogP contribution >= 0.6 is 0 Å². The largest absolute Gasteiger partial charge is 0.315 e. The van der Waals surface area contributed by atoms with Crippen LogP contribution in [0, 0.1) is 6.92 Å². The van der Waals surface area contributed by atoms with Crippen LogP contribution in [0.2, 0.25) is 0 Å². The van der Waals surface area contributed by atoms with Gasteiger partial charge in [0.1, 0.15) is 0 Å². The lowest BCUT2D eigenvalue weighted by Gasteiger charge is -2.15. The van der Waals surface area contributed by atoms with E-state index in [0.29, 0.717) is 11.8 Å². The van der Waals surface area contributed by atoms with Crippen molar-refractivity contribution in [1.29, 1.82) is 0 Å². The van der Waals surface area contributed by atoms with Crippen molar-refractivity contribution in [3.05, 3.63) is 29.8 Å². The summed E-state index contributed by atoms with van der Waals surface area (Å²) in [6, 6.07) is 8.31. The highest BCUT2D eigenvalue weighted by atomic mass is 32.2. The average Bonchev–Trinajstić information content (AvgIpc) is 2.52. The van der Waals surface area contributed by atoms with Gasteiger partial charge in [-0.15, -0.1) is 0 Å². The standard InChI is InChI=1S/C16H28N2OS.C2H6/c1-5-17-13-15(3)18-11-6-12-20(4,19)16-9-7-14(2)8-10-16;1-2/h7-10,15,17-18H,4-6,11-13H2,1-3H3;1-2H3. The van der Waals surface area contributed by atoms with Gasteiger partial charge in [-0.3, -0.25) is 4.21 Å². The average molecular weight is 327 g/mol. The zero-order chi connectivity index (χ0) is 17.0. The van der Waals surface area contributed by atoms with Crippen molar-refractivity contribution in [3.8, 4) is 0 Å². The van der Waals surface area contributed by atoms with Crippen LogP contribution in [0.1, 0.15) is 39.7 Å². The van der Waals surface area contributed by atoms with Crippen LogP contribution in [0.3, 0.4) is 0 Å². The molecule has 2 atom stereocenters. The summed E-state index contributed by atoms with van der Waals surface area (Å²) in [6.07, 6.45) is 0.882. The van der Waals surface area contributed by atoms with E-state index in [-0.39, 0.29) is 0 Å². The first-order valence-corrected chi connectivity index (χ1v) is 10.2. The van der Waals surface area contributed by atoms with Gasteiger partial charge in [0.05, 0.1) is 0 Å². The molecule has 0 amide bonds. The van der Waals surface area contributed by atoms with Crippen LogP contribution < -0.4 is 10.6 Å². The van der Waals surface area contributed by atoms with Crippen LogP contribution in [-0.2, 0) is 9.52 Å². The van der Waals surface area contributed by atoms with Crippen molar-refractivity contribution in [2.75, 3.05) is 25.4 Å². The molecule has 0 aliphatic rings. The van der Waals surface area contributed by atoms with Crippen molar-refractivity contribution < 1.29 is 4.21 Å². The Labute approximate surface area is 137 Å². The van der Waals surface area contributed by atoms with Crippen LogP contribution in [0.4, 0.5) is 0 Å². The number of aryl methyl sites for hydroxylation is 1. The van der Waals surface area contributed by atoms with Gasteiger partial charge < -0.3 is 10.6 Å². The summed E-state index contributed by atoms with van der Waals surface area (Å²) in [5.41, 5.74) is 1.18. The second kappa shape index (κ2) is 11.7. The molecule has 0 spiro atoms. The van der Waals surface area contributed by atoms with Crippen molar-refractivity contribution in [2.24, 2.45) is 0 Å². The van der Waals surface area contributed by atoms with Crippen molar-refractivity contribution >= 4 is 15.4 Å². The first-order chi connectivity index (χ1) is 10.5. The molecule has 0 radical (unpaired) electrons. The molecule has 0 aliphatic carbocycles. The first-order valence-electron chi connectivity index (χ1n) is 8.31. The number of benzene rings is 1. The van der Waals surface area contributed by atoms with E-state index < -0.39 is 9.52 Å². The zero-order valence-corrected chi connectivity index (χ0v) is 15.8. The van der Waals surface area contributed by atoms with Crippen LogP contribution in [0.25, 0.3) is 0 Å². The smallest absolute Gasteiger partial charge is 0.0305 e. The third-order valence-corrected chi connectivity index (χ3v) is 5.37. The Morgan fingerprint density at radius 1 is 1.23 bits per heavy atom. The van der Waals surface area contributed by atoms with Crippen LogP contribution in [0.15, 0.2) is 29.2 Å². The Morgan fingerprint density at radius 2 is 1.82 bits per heavy atom. The summed E-state index contributed by atoms with van der Waals surface area (Å²) in [5.74, 6) is 4.56. The molecule has 1 aromatic rings. The van der Waals surface area contributed by atoms with Gasteiger partial charge in [-0.1, -0.05) is 38.5 Å². The first kappa shape index (κ1) is 21.2. The summed E-state index contributed by atoms with van der Waals surface area (Å²) in [7, 11) is -2.15. The molecule has 128 valence electrons. The van der Waals surface area contributed by atoms with E-state index in [2.05, 4.69) is 30.4 Å². The monoisotopic (exact) mass is 326 g/mol. The molecule has 0 bridgehead atoms. The molecule has 0 aromatic heterocycles. The van der Waals surface area contributed by atoms with Gasteiger partial charge in [0.2, 0.25) is 0 Å². The van der Waals surface area contributed by atoms with Gasteiger partial charge in [-0.25, -0.2) is 0 Å². The minimum Gasteiger partial charge on any atom is -0.315 e. The second-order valence-corrected chi connectivity index (χ2v) is 7.85. The fraction of sp³-hybridized carbons (Fsp3) is 0.611. The van der Waals surface area contributed by atoms with E-state index >= 15 is 0 Å². The summed E-state index contributed by atoms with van der Waals surface area (Å²) in [6.45, 7) is 13.1. The fourth-order valence-electron chi connectivity index (χ4n) is 1.99. The molecule has 0 heterocycles. The summed E-state index contributed by atoms with van der Waals surface area (Å²) < 4.78 is 12.6. The number of rotatable bonds is 9. The van der Waals surface area contributed by atoms with Gasteiger partial charge in [-0.05, 0) is 60.9 Å². The van der Waals surface area contributed by atoms with Crippen LogP contribution in [0.5, 0.6) is 0 Å². The van der Waals surface area contributed by atoms with E-state index in [0.717, 1.165) is 31.0 Å². The number of nitrogens with one attached hydrogen (secondary N) is 2. The topological polar surface area (TPSA) is 41.1 Å². The Morgan fingerprint density at radius 3 is 2.36 bits per heavy atom. The molecule has 0 aliphatic heterocycles. The van der Waals surface area contributed by atoms with Crippen molar-refractivity contribution in [1.82, 2.24) is 10.6 Å². The summed E-state index contributed by atoms with van der Waals surface area (Å²) in [5, 5.41) is 6.74. The maximum atomic E-state index is 12.6. The van der Waals surface area contributed by atoms with E-state index in [4.69, 9.17) is 0 Å². The predicted octanol–water partition coefficient (Wildman–Crippen LogP) is 3.07.